The first kappa shape index (κ1) is 58.2. The molecule has 88 heavy (non-hydrogen) atoms. The van der Waals surface area contributed by atoms with Gasteiger partial charge in [-0.15, -0.1) is 0 Å². The molecule has 4 nitrogen and oxygen atoms in total. The van der Waals surface area contributed by atoms with Crippen LogP contribution in [0.1, 0.15) is 191 Å². The molecule has 448 valence electrons. The smallest absolute Gasteiger partial charge is 0.0614 e. The third kappa shape index (κ3) is 9.45. The van der Waals surface area contributed by atoms with Gasteiger partial charge in [0.2, 0.25) is 0 Å². The van der Waals surface area contributed by atoms with E-state index in [0.717, 1.165) is 59.0 Å². The molecule has 0 spiro atoms. The molecule has 5 heteroatoms. The Bertz CT molecular complexity index is 4280. The average Bonchev–Trinajstić information content (AvgIpc) is 1.42. The summed E-state index contributed by atoms with van der Waals surface area (Å²) in [5.41, 5.74) is 38.0. The Kier molecular flexibility index (Phi) is 13.2. The van der Waals surface area contributed by atoms with Crippen molar-refractivity contribution in [2.45, 2.75) is 197 Å². The number of anilines is 9. The van der Waals surface area contributed by atoms with E-state index in [9.17, 15) is 0 Å². The van der Waals surface area contributed by atoms with Gasteiger partial charge in [-0.1, -0.05) is 175 Å². The molecule has 4 aliphatic carbocycles. The van der Waals surface area contributed by atoms with Crippen LogP contribution >= 0.6 is 11.8 Å². The van der Waals surface area contributed by atoms with Crippen LogP contribution in [0.15, 0.2) is 174 Å². The van der Waals surface area contributed by atoms with Gasteiger partial charge in [0.1, 0.15) is 0 Å². The van der Waals surface area contributed by atoms with Crippen LogP contribution in [0.3, 0.4) is 0 Å². The van der Waals surface area contributed by atoms with E-state index < -0.39 is 0 Å². The maximum atomic E-state index is 6.45. The minimum atomic E-state index is -0.221. The van der Waals surface area contributed by atoms with Gasteiger partial charge in [-0.2, -0.15) is 0 Å². The van der Waals surface area contributed by atoms with Gasteiger partial charge < -0.3 is 20.9 Å². The lowest BCUT2D eigenvalue weighted by Crippen LogP contribution is -2.34. The summed E-state index contributed by atoms with van der Waals surface area (Å²) in [6.45, 7) is 39.0. The molecule has 3 N–H and O–H groups in total. The van der Waals surface area contributed by atoms with Gasteiger partial charge in [0.15, 0.2) is 0 Å². The largest absolute Gasteiger partial charge is 0.399 e. The fourth-order valence-electron chi connectivity index (χ4n) is 16.0. The van der Waals surface area contributed by atoms with E-state index in [1.807, 2.05) is 23.9 Å². The normalized spacial score (nSPS) is 18.8. The van der Waals surface area contributed by atoms with Crippen molar-refractivity contribution in [2.24, 2.45) is 0 Å². The highest BCUT2D eigenvalue weighted by Crippen LogP contribution is 2.63. The topological polar surface area (TPSA) is 44.5 Å². The molecular weight excluding hydrogens is 1090 g/mol. The minimum absolute atomic E-state index is 0.00240. The van der Waals surface area contributed by atoms with E-state index >= 15 is 0 Å². The van der Waals surface area contributed by atoms with Gasteiger partial charge in [0.05, 0.1) is 11.4 Å². The summed E-state index contributed by atoms with van der Waals surface area (Å²) < 4.78 is 0. The predicted octanol–water partition coefficient (Wildman–Crippen LogP) is 23.7. The molecule has 14 rings (SSSR count). The second kappa shape index (κ2) is 20.0. The van der Waals surface area contributed by atoms with Gasteiger partial charge in [-0.3, -0.25) is 0 Å². The lowest BCUT2D eigenvalue weighted by atomic mass is 9.62. The number of nitrogens with two attached hydrogens (primary N) is 1. The van der Waals surface area contributed by atoms with Gasteiger partial charge >= 0.3 is 0 Å². The maximum Gasteiger partial charge on any atom is 0.0614 e. The Morgan fingerprint density at radius 1 is 0.398 bits per heavy atom. The molecule has 9 aromatic carbocycles. The molecule has 0 bridgehead atoms. The fourth-order valence-corrected chi connectivity index (χ4v) is 17.2. The zero-order chi connectivity index (χ0) is 62.0. The number of nitrogens with one attached hydrogen (secondary N) is 1. The Morgan fingerprint density at radius 2 is 0.920 bits per heavy atom. The third-order valence-electron chi connectivity index (χ3n) is 22.1. The summed E-state index contributed by atoms with van der Waals surface area (Å²) in [4.78, 5) is 7.61. The lowest BCUT2D eigenvalue weighted by Gasteiger charge is -2.44. The second-order valence-electron chi connectivity index (χ2n) is 31.5. The number of hydrogen-bond acceptors (Lipinski definition) is 5. The van der Waals surface area contributed by atoms with Gasteiger partial charge in [0, 0.05) is 66.1 Å². The maximum absolute atomic E-state index is 6.45. The quantitative estimate of drug-likeness (QED) is 0.148. The van der Waals surface area contributed by atoms with Gasteiger partial charge in [-0.05, 0) is 260 Å². The summed E-state index contributed by atoms with van der Waals surface area (Å²) in [7, 11) is 0. The average molecular weight is 1180 g/mol. The van der Waals surface area contributed by atoms with Crippen molar-refractivity contribution < 1.29 is 0 Å². The van der Waals surface area contributed by atoms with Crippen molar-refractivity contribution in [1.29, 1.82) is 0 Å². The molecular formula is C83H90N4S. The zero-order valence-electron chi connectivity index (χ0n) is 55.2. The summed E-state index contributed by atoms with van der Waals surface area (Å²) >= 11 is 1.96. The summed E-state index contributed by atoms with van der Waals surface area (Å²) in [6.07, 6.45) is 6.99. The molecule has 0 atom stereocenters. The molecule has 1 aliphatic heterocycles. The van der Waals surface area contributed by atoms with Crippen LogP contribution in [0, 0.1) is 13.8 Å². The molecule has 9 aromatic rings. The number of rotatable bonds is 8. The monoisotopic (exact) mass is 1170 g/mol. The van der Waals surface area contributed by atoms with E-state index in [2.05, 4.69) is 278 Å². The number of nitrogens with zero attached hydrogens (tertiary/aromatic N) is 2. The first-order valence-electron chi connectivity index (χ1n) is 32.6. The van der Waals surface area contributed by atoms with Crippen LogP contribution in [0.25, 0.3) is 33.4 Å². The fraction of sp³-hybridized carbons (Fsp3) is 0.349. The zero-order valence-corrected chi connectivity index (χ0v) is 56.0. The molecule has 0 saturated carbocycles. The number of nitrogen functional groups attached to an aromatic ring is 1. The highest BCUT2D eigenvalue weighted by atomic mass is 32.2. The van der Waals surface area contributed by atoms with E-state index in [4.69, 9.17) is 5.73 Å². The van der Waals surface area contributed by atoms with Crippen molar-refractivity contribution in [3.63, 3.8) is 0 Å². The van der Waals surface area contributed by atoms with Crippen LogP contribution in [0.4, 0.5) is 51.2 Å². The summed E-state index contributed by atoms with van der Waals surface area (Å²) in [5.74, 6) is 0. The number of hydrogen-bond donors (Lipinski definition) is 2. The van der Waals surface area contributed by atoms with Crippen LogP contribution in [-0.4, -0.2) is 0 Å². The Labute approximate surface area is 530 Å². The minimum Gasteiger partial charge on any atom is -0.399 e. The molecule has 0 radical (unpaired) electrons. The van der Waals surface area contributed by atoms with Crippen molar-refractivity contribution in [3.05, 3.63) is 219 Å². The molecule has 0 fully saturated rings. The Morgan fingerprint density at radius 3 is 1.55 bits per heavy atom. The van der Waals surface area contributed by atoms with E-state index in [1.165, 1.54) is 130 Å². The Hall–Kier alpha value is -7.47. The number of fused-ring (bicyclic) bond motifs is 8. The first-order chi connectivity index (χ1) is 41.5. The van der Waals surface area contributed by atoms with E-state index in [-0.39, 0.29) is 37.9 Å². The number of benzene rings is 9. The van der Waals surface area contributed by atoms with Crippen molar-refractivity contribution in [1.82, 2.24) is 0 Å². The van der Waals surface area contributed by atoms with Crippen molar-refractivity contribution in [2.75, 3.05) is 20.9 Å². The van der Waals surface area contributed by atoms with Crippen molar-refractivity contribution in [3.8, 4) is 33.4 Å². The highest BCUT2D eigenvalue weighted by Gasteiger charge is 2.45. The first-order valence-corrected chi connectivity index (χ1v) is 33.4. The van der Waals surface area contributed by atoms with Gasteiger partial charge in [0.25, 0.3) is 0 Å². The van der Waals surface area contributed by atoms with Crippen LogP contribution < -0.4 is 20.9 Å². The number of aryl methyl sites for hydroxylation is 2. The molecule has 0 unspecified atom stereocenters. The van der Waals surface area contributed by atoms with Crippen molar-refractivity contribution >= 4 is 62.9 Å². The van der Waals surface area contributed by atoms with Crippen LogP contribution in [0.2, 0.25) is 0 Å². The summed E-state index contributed by atoms with van der Waals surface area (Å²) in [5, 5.41) is 4.17. The molecule has 0 aromatic heterocycles. The van der Waals surface area contributed by atoms with Crippen LogP contribution in [0.5, 0.6) is 0 Å². The summed E-state index contributed by atoms with van der Waals surface area (Å²) in [6, 6.07) is 63.4. The SMILES string of the molecule is Cc1ccc(N(c2ccc(N)cc2)c2ccc(Nc3ccc4c(c3)C(C)(C)CCC4(C)C)c(-c3cc(-c4ccccc4)cc4c3Sc3cc5c(cc3N4c3cc4c(cc3C)C(C)(C)CCC4(C)C)-c3cc4c(cc3C5(C)C)C(C)(C)CCC4(C)C)c2)cc1. The van der Waals surface area contributed by atoms with E-state index in [0.29, 0.717) is 0 Å². The standard InChI is InChI=1S/C83H90N4S/c1-50-22-27-56(28-23-50)86(57-29-24-54(84)25-30-57)58-31-33-71(85-55-26-32-63-67(43-55)79(7,8)35-34-77(63,3)4)61(44-58)62-41-53(52-20-18-17-19-21-52)42-74-76(62)88-75-49-65-60(59-45-68-69(47-64(59)83(65,15)16)81(11,12)38-37-80(68,9)10)46-73(75)87(74)72-48-70-66(40-51(72)2)78(5,6)36-39-82(70,13)14/h17-33,40-49,85H,34-39,84H2,1-16H3. The lowest BCUT2D eigenvalue weighted by molar-refractivity contribution is 0.331. The Balaban J connectivity index is 1.06. The predicted molar refractivity (Wildman–Crippen MR) is 378 cm³/mol. The van der Waals surface area contributed by atoms with Gasteiger partial charge in [-0.25, -0.2) is 0 Å². The molecule has 0 amide bonds. The molecule has 0 saturated heterocycles. The third-order valence-corrected chi connectivity index (χ3v) is 23.3. The second-order valence-corrected chi connectivity index (χ2v) is 32.5. The highest BCUT2D eigenvalue weighted by molar-refractivity contribution is 8.00. The van der Waals surface area contributed by atoms with Crippen LogP contribution in [-0.2, 0) is 37.9 Å². The van der Waals surface area contributed by atoms with E-state index in [1.54, 1.807) is 0 Å². The molecule has 1 heterocycles. The molecule has 5 aliphatic rings.